The first kappa shape index (κ1) is 40.5. The Hall–Kier alpha value is -9.40. The van der Waals surface area contributed by atoms with Crippen molar-refractivity contribution in [2.75, 3.05) is 4.90 Å². The smallest absolute Gasteiger partial charge is 0.0561 e. The highest BCUT2D eigenvalue weighted by molar-refractivity contribution is 7.26. The molecule has 72 heavy (non-hydrogen) atoms. The number of benzene rings is 11. The van der Waals surface area contributed by atoms with Crippen LogP contribution in [0.5, 0.6) is 0 Å². The Bertz CT molecular complexity index is 4620. The van der Waals surface area contributed by atoms with E-state index in [9.17, 15) is 0 Å². The number of rotatable bonds is 7. The van der Waals surface area contributed by atoms with Crippen molar-refractivity contribution < 1.29 is 0 Å². The summed E-state index contributed by atoms with van der Waals surface area (Å²) in [4.78, 5) is 2.39. The minimum absolute atomic E-state index is 1.07. The molecule has 0 saturated carbocycles. The van der Waals surface area contributed by atoms with E-state index in [1.165, 1.54) is 102 Å². The van der Waals surface area contributed by atoms with Gasteiger partial charge in [0, 0.05) is 75.9 Å². The lowest BCUT2D eigenvalue weighted by Gasteiger charge is -2.26. The molecule has 15 rings (SSSR count). The van der Waals surface area contributed by atoms with Crippen molar-refractivity contribution in [3.05, 3.63) is 261 Å². The maximum Gasteiger partial charge on any atom is 0.0561 e. The highest BCUT2D eigenvalue weighted by Crippen LogP contribution is 2.44. The quantitative estimate of drug-likeness (QED) is 0.155. The number of anilines is 3. The van der Waals surface area contributed by atoms with Crippen LogP contribution in [0.1, 0.15) is 0 Å². The summed E-state index contributed by atoms with van der Waals surface area (Å²) in [6.45, 7) is 0. The lowest BCUT2D eigenvalue weighted by atomic mass is 9.97. The fourth-order valence-electron chi connectivity index (χ4n) is 11.4. The van der Waals surface area contributed by atoms with Crippen molar-refractivity contribution in [3.63, 3.8) is 0 Å². The molecule has 334 valence electrons. The third kappa shape index (κ3) is 6.39. The first-order valence-electron chi connectivity index (χ1n) is 24.5. The van der Waals surface area contributed by atoms with Gasteiger partial charge in [-0.1, -0.05) is 152 Å². The first-order valence-corrected chi connectivity index (χ1v) is 25.3. The predicted molar refractivity (Wildman–Crippen MR) is 306 cm³/mol. The molecule has 4 heteroatoms. The van der Waals surface area contributed by atoms with E-state index in [2.05, 4.69) is 263 Å². The SMILES string of the molecule is c1ccc(-n2c3ccc(-c4cccc(-c5ccc(N(c6ccc7ccccc7c6)c6ccc7c8ccccc8n(-c8ccccc8)c7c6)cc5)c4)cc3c3cc4ccc5c6ccccc6sc5c4cc32)cc#1. The summed E-state index contributed by atoms with van der Waals surface area (Å²) in [6.07, 6.45) is 0. The van der Waals surface area contributed by atoms with E-state index >= 15 is 0 Å². The monoisotopic (exact) mass is 931 g/mol. The van der Waals surface area contributed by atoms with Gasteiger partial charge in [0.15, 0.2) is 0 Å². The van der Waals surface area contributed by atoms with Gasteiger partial charge in [-0.05, 0) is 142 Å². The van der Waals surface area contributed by atoms with Crippen LogP contribution in [0.3, 0.4) is 0 Å². The zero-order valence-electron chi connectivity index (χ0n) is 38.9. The summed E-state index contributed by atoms with van der Waals surface area (Å²) < 4.78 is 7.43. The second kappa shape index (κ2) is 16.1. The minimum Gasteiger partial charge on any atom is -0.310 e. The Morgan fingerprint density at radius 2 is 0.958 bits per heavy atom. The van der Waals surface area contributed by atoms with Gasteiger partial charge in [-0.25, -0.2) is 0 Å². The molecule has 0 amide bonds. The summed E-state index contributed by atoms with van der Waals surface area (Å²) >= 11 is 1.88. The average molecular weight is 932 g/mol. The summed E-state index contributed by atoms with van der Waals surface area (Å²) in [5.41, 5.74) is 14.9. The van der Waals surface area contributed by atoms with Gasteiger partial charge in [0.2, 0.25) is 0 Å². The Labute approximate surface area is 419 Å². The molecule has 3 nitrogen and oxygen atoms in total. The molecule has 0 saturated heterocycles. The van der Waals surface area contributed by atoms with Crippen LogP contribution < -0.4 is 4.90 Å². The molecule has 3 aromatic heterocycles. The maximum absolute atomic E-state index is 3.23. The first-order chi connectivity index (χ1) is 35.7. The van der Waals surface area contributed by atoms with Gasteiger partial charge in [-0.2, -0.15) is 0 Å². The number of thiophene rings is 1. The number of hydrogen-bond acceptors (Lipinski definition) is 2. The van der Waals surface area contributed by atoms with Crippen molar-refractivity contribution in [1.29, 1.82) is 0 Å². The molecule has 0 radical (unpaired) electrons. The zero-order chi connectivity index (χ0) is 47.3. The molecular weight excluding hydrogens is 891 g/mol. The van der Waals surface area contributed by atoms with Crippen LogP contribution in [-0.4, -0.2) is 9.13 Å². The van der Waals surface area contributed by atoms with Crippen LogP contribution in [0.2, 0.25) is 0 Å². The largest absolute Gasteiger partial charge is 0.310 e. The van der Waals surface area contributed by atoms with Gasteiger partial charge in [0.25, 0.3) is 0 Å². The molecule has 0 aliphatic carbocycles. The van der Waals surface area contributed by atoms with Crippen LogP contribution in [0.25, 0.3) is 119 Å². The summed E-state index contributed by atoms with van der Waals surface area (Å²) in [5.74, 6) is 0. The van der Waals surface area contributed by atoms with Crippen molar-refractivity contribution in [2.24, 2.45) is 0 Å². The van der Waals surface area contributed by atoms with Gasteiger partial charge in [-0.15, -0.1) is 11.3 Å². The van der Waals surface area contributed by atoms with Crippen LogP contribution in [0.4, 0.5) is 17.1 Å². The minimum atomic E-state index is 1.07. The molecule has 0 N–H and O–H groups in total. The number of aromatic nitrogens is 2. The number of hydrogen-bond donors (Lipinski definition) is 0. The van der Waals surface area contributed by atoms with Gasteiger partial charge in [-0.3, -0.25) is 0 Å². The van der Waals surface area contributed by atoms with Gasteiger partial charge >= 0.3 is 0 Å². The number of nitrogens with zero attached hydrogens (tertiary/aromatic N) is 3. The Morgan fingerprint density at radius 1 is 0.319 bits per heavy atom. The molecule has 0 unspecified atom stereocenters. The molecule has 0 bridgehead atoms. The van der Waals surface area contributed by atoms with Crippen LogP contribution >= 0.6 is 11.3 Å². The third-order valence-corrected chi connectivity index (χ3v) is 15.9. The van der Waals surface area contributed by atoms with Crippen LogP contribution in [0, 0.1) is 12.1 Å². The van der Waals surface area contributed by atoms with Gasteiger partial charge < -0.3 is 14.0 Å². The predicted octanol–water partition coefficient (Wildman–Crippen LogP) is 19.0. The molecule has 0 fully saturated rings. The highest BCUT2D eigenvalue weighted by atomic mass is 32.1. The molecule has 0 aliphatic rings. The lowest BCUT2D eigenvalue weighted by Crippen LogP contribution is -2.10. The van der Waals surface area contributed by atoms with E-state index in [-0.39, 0.29) is 0 Å². The van der Waals surface area contributed by atoms with E-state index in [4.69, 9.17) is 0 Å². The standard InChI is InChI=1S/C68H41N3S/c1-3-18-51(19-4-1)70-63-24-11-9-22-56(63)57-36-34-55(42-65(57)70)69(54-33-28-44-14-7-8-15-48(44)39-54)53-31-26-45(27-32-53)46-16-13-17-47(38-46)49-30-37-64-61(40-49)62-41-50-29-35-59-58-23-10-12-25-67(58)72-68(59)60(50)43-66(62)71(64)52-20-5-2-6-21-52/h1,3-5,7-43H. The fourth-order valence-corrected chi connectivity index (χ4v) is 12.6. The van der Waals surface area contributed by atoms with Gasteiger partial charge in [0.05, 0.1) is 27.8 Å². The average Bonchev–Trinajstić information content (AvgIpc) is 4.10. The van der Waals surface area contributed by atoms with E-state index in [0.717, 1.165) is 34.0 Å². The number of para-hydroxylation sites is 2. The Morgan fingerprint density at radius 3 is 1.83 bits per heavy atom. The van der Waals surface area contributed by atoms with Crippen molar-refractivity contribution in [3.8, 4) is 33.6 Å². The third-order valence-electron chi connectivity index (χ3n) is 14.7. The fraction of sp³-hybridized carbons (Fsp3) is 0. The number of fused-ring (bicyclic) bond motifs is 12. The van der Waals surface area contributed by atoms with Crippen LogP contribution in [-0.2, 0) is 0 Å². The maximum atomic E-state index is 3.23. The molecule has 0 atom stereocenters. The van der Waals surface area contributed by atoms with E-state index < -0.39 is 0 Å². The topological polar surface area (TPSA) is 13.1 Å². The van der Waals surface area contributed by atoms with Gasteiger partial charge in [0.1, 0.15) is 0 Å². The second-order valence-corrected chi connectivity index (χ2v) is 19.8. The zero-order valence-corrected chi connectivity index (χ0v) is 39.7. The molecule has 12 aromatic carbocycles. The van der Waals surface area contributed by atoms with Crippen molar-refractivity contribution in [1.82, 2.24) is 9.13 Å². The molecule has 0 spiro atoms. The molecular formula is C68H41N3S. The highest BCUT2D eigenvalue weighted by Gasteiger charge is 2.20. The van der Waals surface area contributed by atoms with Crippen molar-refractivity contribution >= 4 is 114 Å². The molecule has 15 aromatic rings. The second-order valence-electron chi connectivity index (χ2n) is 18.8. The van der Waals surface area contributed by atoms with E-state index in [1.54, 1.807) is 0 Å². The van der Waals surface area contributed by atoms with E-state index in [1.807, 2.05) is 23.5 Å². The van der Waals surface area contributed by atoms with Crippen molar-refractivity contribution in [2.45, 2.75) is 0 Å². The molecule has 0 aliphatic heterocycles. The Kier molecular flexibility index (Phi) is 9.04. The normalized spacial score (nSPS) is 11.8. The summed E-state index contributed by atoms with van der Waals surface area (Å²) in [5, 5.41) is 12.5. The van der Waals surface area contributed by atoms with Crippen LogP contribution in [0.15, 0.2) is 249 Å². The summed E-state index contributed by atoms with van der Waals surface area (Å²) in [6, 6.07) is 97.4. The van der Waals surface area contributed by atoms with E-state index in [0.29, 0.717) is 0 Å². The summed E-state index contributed by atoms with van der Waals surface area (Å²) in [7, 11) is 0. The molecule has 3 heterocycles. The Balaban J connectivity index is 0.837. The lowest BCUT2D eigenvalue weighted by molar-refractivity contribution is 1.18.